The zero-order valence-corrected chi connectivity index (χ0v) is 11.1. The van der Waals surface area contributed by atoms with Crippen molar-refractivity contribution in [2.75, 3.05) is 17.1 Å². The number of anilines is 1. The van der Waals surface area contributed by atoms with E-state index in [-0.39, 0.29) is 5.75 Å². The van der Waals surface area contributed by atoms with Crippen LogP contribution < -0.4 is 9.46 Å². The average molecular weight is 257 g/mol. The first-order valence-electron chi connectivity index (χ1n) is 5.80. The Kier molecular flexibility index (Phi) is 5.28. The van der Waals surface area contributed by atoms with Crippen LogP contribution in [-0.4, -0.2) is 20.8 Å². The second-order valence-electron chi connectivity index (χ2n) is 3.79. The van der Waals surface area contributed by atoms with Gasteiger partial charge in [0.15, 0.2) is 0 Å². The fourth-order valence-corrected chi connectivity index (χ4v) is 2.47. The fourth-order valence-electron chi connectivity index (χ4n) is 1.34. The van der Waals surface area contributed by atoms with E-state index >= 15 is 0 Å². The van der Waals surface area contributed by atoms with Gasteiger partial charge in [0.25, 0.3) is 0 Å². The van der Waals surface area contributed by atoms with Crippen molar-refractivity contribution in [2.24, 2.45) is 0 Å². The Bertz CT molecular complexity index is 426. The molecule has 1 aromatic rings. The lowest BCUT2D eigenvalue weighted by atomic mass is 10.3. The van der Waals surface area contributed by atoms with Crippen LogP contribution in [0.1, 0.15) is 26.7 Å². The number of hydrogen-bond acceptors (Lipinski definition) is 3. The van der Waals surface area contributed by atoms with Gasteiger partial charge >= 0.3 is 0 Å². The number of ether oxygens (including phenoxy) is 1. The number of nitrogens with one attached hydrogen (secondary N) is 1. The zero-order chi connectivity index (χ0) is 12.7. The van der Waals surface area contributed by atoms with E-state index in [0.717, 1.165) is 12.2 Å². The molecule has 0 unspecified atom stereocenters. The number of rotatable bonds is 7. The second-order valence-corrected chi connectivity index (χ2v) is 5.64. The van der Waals surface area contributed by atoms with E-state index in [1.54, 1.807) is 24.3 Å². The Hall–Kier alpha value is -1.23. The van der Waals surface area contributed by atoms with Gasteiger partial charge < -0.3 is 4.74 Å². The Morgan fingerprint density at radius 2 is 1.76 bits per heavy atom. The van der Waals surface area contributed by atoms with Crippen molar-refractivity contribution < 1.29 is 13.2 Å². The van der Waals surface area contributed by atoms with Crippen molar-refractivity contribution in [1.29, 1.82) is 0 Å². The third-order valence-electron chi connectivity index (χ3n) is 2.07. The van der Waals surface area contributed by atoms with Gasteiger partial charge in [-0.3, -0.25) is 4.72 Å². The maximum atomic E-state index is 11.5. The second kappa shape index (κ2) is 6.49. The van der Waals surface area contributed by atoms with Gasteiger partial charge in [0.1, 0.15) is 5.75 Å². The number of hydrogen-bond donors (Lipinski definition) is 1. The Morgan fingerprint density at radius 3 is 2.29 bits per heavy atom. The predicted molar refractivity (Wildman–Crippen MR) is 69.9 cm³/mol. The maximum absolute atomic E-state index is 11.5. The first kappa shape index (κ1) is 13.8. The summed E-state index contributed by atoms with van der Waals surface area (Å²) in [6, 6.07) is 6.94. The Balaban J connectivity index is 2.62. The smallest absolute Gasteiger partial charge is 0.232 e. The molecule has 0 aliphatic carbocycles. The van der Waals surface area contributed by atoms with Crippen LogP contribution in [0.5, 0.6) is 5.75 Å². The summed E-state index contributed by atoms with van der Waals surface area (Å²) < 4.78 is 31.0. The number of sulfonamides is 1. The summed E-state index contributed by atoms with van der Waals surface area (Å²) >= 11 is 0. The van der Waals surface area contributed by atoms with Crippen molar-refractivity contribution in [3.8, 4) is 5.75 Å². The van der Waals surface area contributed by atoms with Gasteiger partial charge in [-0.15, -0.1) is 0 Å². The van der Waals surface area contributed by atoms with Crippen LogP contribution in [0.25, 0.3) is 0 Å². The standard InChI is InChI=1S/C12H19NO3S/c1-3-9-16-12-7-5-11(6-8-12)13-17(14,15)10-4-2/h5-8,13H,3-4,9-10H2,1-2H3. The molecule has 4 nitrogen and oxygen atoms in total. The lowest BCUT2D eigenvalue weighted by Gasteiger charge is -2.08. The predicted octanol–water partition coefficient (Wildman–Crippen LogP) is 2.63. The largest absolute Gasteiger partial charge is 0.494 e. The molecule has 17 heavy (non-hydrogen) atoms. The molecular formula is C12H19NO3S. The van der Waals surface area contributed by atoms with Crippen molar-refractivity contribution in [2.45, 2.75) is 26.7 Å². The summed E-state index contributed by atoms with van der Waals surface area (Å²) in [5, 5.41) is 0. The molecule has 0 saturated carbocycles. The van der Waals surface area contributed by atoms with Gasteiger partial charge in [0.05, 0.1) is 12.4 Å². The van der Waals surface area contributed by atoms with Gasteiger partial charge in [-0.1, -0.05) is 13.8 Å². The van der Waals surface area contributed by atoms with Crippen LogP contribution in [-0.2, 0) is 10.0 Å². The monoisotopic (exact) mass is 257 g/mol. The van der Waals surface area contributed by atoms with E-state index in [0.29, 0.717) is 18.7 Å². The van der Waals surface area contributed by atoms with E-state index < -0.39 is 10.0 Å². The summed E-state index contributed by atoms with van der Waals surface area (Å²) in [4.78, 5) is 0. The summed E-state index contributed by atoms with van der Waals surface area (Å²) in [7, 11) is -3.21. The summed E-state index contributed by atoms with van der Waals surface area (Å²) in [5.41, 5.74) is 0.572. The van der Waals surface area contributed by atoms with Crippen molar-refractivity contribution >= 4 is 15.7 Å². The molecule has 1 aromatic carbocycles. The molecule has 0 aliphatic rings. The molecule has 0 saturated heterocycles. The Labute approximate surface area is 103 Å². The topological polar surface area (TPSA) is 55.4 Å². The van der Waals surface area contributed by atoms with Crippen LogP contribution in [0.15, 0.2) is 24.3 Å². The minimum atomic E-state index is -3.21. The average Bonchev–Trinajstić information content (AvgIpc) is 2.27. The fraction of sp³-hybridized carbons (Fsp3) is 0.500. The van der Waals surface area contributed by atoms with Gasteiger partial charge in [-0.2, -0.15) is 0 Å². The molecule has 0 atom stereocenters. The first-order chi connectivity index (χ1) is 8.07. The molecule has 0 amide bonds. The Morgan fingerprint density at radius 1 is 1.12 bits per heavy atom. The molecule has 0 radical (unpaired) electrons. The maximum Gasteiger partial charge on any atom is 0.232 e. The minimum Gasteiger partial charge on any atom is -0.494 e. The molecule has 0 bridgehead atoms. The summed E-state index contributed by atoms with van der Waals surface area (Å²) in [5.74, 6) is 0.895. The van der Waals surface area contributed by atoms with Gasteiger partial charge in [-0.05, 0) is 37.1 Å². The van der Waals surface area contributed by atoms with E-state index in [4.69, 9.17) is 4.74 Å². The third kappa shape index (κ3) is 5.08. The SMILES string of the molecule is CCCOc1ccc(NS(=O)(=O)CCC)cc1. The minimum absolute atomic E-state index is 0.140. The molecule has 96 valence electrons. The lowest BCUT2D eigenvalue weighted by molar-refractivity contribution is 0.317. The molecule has 1 rings (SSSR count). The van der Waals surface area contributed by atoms with Crippen molar-refractivity contribution in [3.05, 3.63) is 24.3 Å². The molecule has 0 aliphatic heterocycles. The first-order valence-corrected chi connectivity index (χ1v) is 7.46. The normalized spacial score (nSPS) is 11.2. The molecule has 0 fully saturated rings. The summed E-state index contributed by atoms with van der Waals surface area (Å²) in [6.07, 6.45) is 1.55. The van der Waals surface area contributed by atoms with E-state index in [2.05, 4.69) is 4.72 Å². The third-order valence-corrected chi connectivity index (χ3v) is 3.57. The van der Waals surface area contributed by atoms with Crippen molar-refractivity contribution in [1.82, 2.24) is 0 Å². The quantitative estimate of drug-likeness (QED) is 0.817. The van der Waals surface area contributed by atoms with Crippen LogP contribution in [0.4, 0.5) is 5.69 Å². The highest BCUT2D eigenvalue weighted by Gasteiger charge is 2.08. The molecule has 5 heteroatoms. The molecular weight excluding hydrogens is 238 g/mol. The molecule has 0 aromatic heterocycles. The van der Waals surface area contributed by atoms with Crippen LogP contribution in [0.2, 0.25) is 0 Å². The van der Waals surface area contributed by atoms with E-state index in [9.17, 15) is 8.42 Å². The van der Waals surface area contributed by atoms with Gasteiger partial charge in [-0.25, -0.2) is 8.42 Å². The number of benzene rings is 1. The molecule has 1 N–H and O–H groups in total. The lowest BCUT2D eigenvalue weighted by Crippen LogP contribution is -2.15. The summed E-state index contributed by atoms with van der Waals surface area (Å²) in [6.45, 7) is 4.54. The molecule has 0 heterocycles. The molecule has 0 spiro atoms. The highest BCUT2D eigenvalue weighted by molar-refractivity contribution is 7.92. The van der Waals surface area contributed by atoms with Crippen LogP contribution in [0.3, 0.4) is 0 Å². The van der Waals surface area contributed by atoms with Crippen LogP contribution in [0, 0.1) is 0 Å². The van der Waals surface area contributed by atoms with E-state index in [1.165, 1.54) is 0 Å². The van der Waals surface area contributed by atoms with Gasteiger partial charge in [0.2, 0.25) is 10.0 Å². The van der Waals surface area contributed by atoms with Gasteiger partial charge in [0, 0.05) is 5.69 Å². The highest BCUT2D eigenvalue weighted by atomic mass is 32.2. The highest BCUT2D eigenvalue weighted by Crippen LogP contribution is 2.17. The van der Waals surface area contributed by atoms with Crippen molar-refractivity contribution in [3.63, 3.8) is 0 Å². The zero-order valence-electron chi connectivity index (χ0n) is 10.3. The van der Waals surface area contributed by atoms with Crippen LogP contribution >= 0.6 is 0 Å². The van der Waals surface area contributed by atoms with E-state index in [1.807, 2.05) is 13.8 Å².